The summed E-state index contributed by atoms with van der Waals surface area (Å²) in [7, 11) is -0.123. The molecule has 42 heavy (non-hydrogen) atoms. The number of nitrogens with zero attached hydrogens (tertiary/aromatic N) is 1. The van der Waals surface area contributed by atoms with Gasteiger partial charge in [-0.2, -0.15) is 0 Å². The standard InChI is InChI=1S/C29H36BN3O9/c1-17(2)13-20(30-41-25(37)16-29(42-30,28(39)40)15-24(36)31-4)14-23(35)26(18(3)34)33-27(38)22-12-8-11-21(32-22)19-9-6-5-7-10-19/h5-12,17-18,20,26,34H,13-16H2,1-4H3,(H,31,36)(H,33,38)(H,39,40)/t18-,20-,26+,29+/m1/s1. The largest absolute Gasteiger partial charge is 0.531 e. The molecule has 1 saturated heterocycles. The molecule has 0 aliphatic carbocycles. The lowest BCUT2D eigenvalue weighted by molar-refractivity contribution is -0.172. The fourth-order valence-electron chi connectivity index (χ4n) is 4.84. The summed E-state index contributed by atoms with van der Waals surface area (Å²) >= 11 is 0. The zero-order chi connectivity index (χ0) is 31.0. The van der Waals surface area contributed by atoms with E-state index in [1.807, 2.05) is 44.2 Å². The third kappa shape index (κ3) is 8.23. The first-order valence-electron chi connectivity index (χ1n) is 13.7. The Hall–Kier alpha value is -4.10. The van der Waals surface area contributed by atoms with Crippen LogP contribution in [0.2, 0.25) is 5.82 Å². The summed E-state index contributed by atoms with van der Waals surface area (Å²) in [6, 6.07) is 12.8. The number of carbonyl (C=O) groups is 5. The van der Waals surface area contributed by atoms with Gasteiger partial charge in [-0.3, -0.25) is 19.2 Å². The maximum atomic E-state index is 13.5. The van der Waals surface area contributed by atoms with Crippen molar-refractivity contribution >= 4 is 36.7 Å². The maximum absolute atomic E-state index is 13.5. The number of aliphatic carboxylic acids is 1. The van der Waals surface area contributed by atoms with Gasteiger partial charge in [-0.1, -0.05) is 50.2 Å². The molecule has 13 heteroatoms. The summed E-state index contributed by atoms with van der Waals surface area (Å²) in [6.45, 7) is 5.07. The first-order valence-corrected chi connectivity index (χ1v) is 13.7. The monoisotopic (exact) mass is 581 g/mol. The summed E-state index contributed by atoms with van der Waals surface area (Å²) in [6.07, 6.45) is -2.65. The summed E-state index contributed by atoms with van der Waals surface area (Å²) in [5, 5.41) is 25.2. The van der Waals surface area contributed by atoms with Crippen LogP contribution in [0, 0.1) is 5.92 Å². The number of Topliss-reactive ketones (excluding diaryl/α,β-unsaturated/α-hetero) is 1. The quantitative estimate of drug-likeness (QED) is 0.256. The molecule has 224 valence electrons. The van der Waals surface area contributed by atoms with E-state index < -0.39 is 73.1 Å². The number of aromatic nitrogens is 1. The molecule has 1 aliphatic rings. The molecule has 2 aromatic rings. The van der Waals surface area contributed by atoms with Crippen LogP contribution >= 0.6 is 0 Å². The smallest absolute Gasteiger partial charge is 0.509 e. The molecule has 1 fully saturated rings. The molecule has 0 spiro atoms. The summed E-state index contributed by atoms with van der Waals surface area (Å²) < 4.78 is 11.1. The predicted octanol–water partition coefficient (Wildman–Crippen LogP) is 2.01. The number of carboxylic acids is 1. The van der Waals surface area contributed by atoms with E-state index in [1.165, 1.54) is 20.0 Å². The number of carbonyl (C=O) groups excluding carboxylic acids is 4. The minimum absolute atomic E-state index is 0.0327. The van der Waals surface area contributed by atoms with Crippen LogP contribution < -0.4 is 10.6 Å². The van der Waals surface area contributed by atoms with Crippen LogP contribution in [-0.2, 0) is 28.5 Å². The lowest BCUT2D eigenvalue weighted by Gasteiger charge is -2.38. The highest BCUT2D eigenvalue weighted by molar-refractivity contribution is 6.50. The lowest BCUT2D eigenvalue weighted by atomic mass is 9.63. The second kappa shape index (κ2) is 14.2. The van der Waals surface area contributed by atoms with Gasteiger partial charge in [0.15, 0.2) is 11.4 Å². The Labute approximate surface area is 244 Å². The van der Waals surface area contributed by atoms with Gasteiger partial charge in [-0.15, -0.1) is 0 Å². The van der Waals surface area contributed by atoms with Gasteiger partial charge in [0.05, 0.1) is 24.6 Å². The van der Waals surface area contributed by atoms with E-state index in [0.717, 1.165) is 5.56 Å². The average Bonchev–Trinajstić information content (AvgIpc) is 2.95. The Morgan fingerprint density at radius 1 is 1.07 bits per heavy atom. The zero-order valence-electron chi connectivity index (χ0n) is 24.0. The average molecular weight is 581 g/mol. The van der Waals surface area contributed by atoms with Crippen LogP contribution in [-0.4, -0.2) is 76.6 Å². The number of nitrogens with one attached hydrogen (secondary N) is 2. The fourth-order valence-corrected chi connectivity index (χ4v) is 4.84. The van der Waals surface area contributed by atoms with Gasteiger partial charge < -0.3 is 30.2 Å². The number of amides is 2. The summed E-state index contributed by atoms with van der Waals surface area (Å²) in [5.74, 6) is -5.17. The Morgan fingerprint density at radius 2 is 1.76 bits per heavy atom. The van der Waals surface area contributed by atoms with Crippen LogP contribution in [0.3, 0.4) is 0 Å². The first kappa shape index (κ1) is 32.4. The molecule has 12 nitrogen and oxygen atoms in total. The molecule has 0 bridgehead atoms. The topological polar surface area (TPSA) is 181 Å². The number of ketones is 1. The molecule has 2 heterocycles. The van der Waals surface area contributed by atoms with Crippen molar-refractivity contribution in [2.45, 2.75) is 70.0 Å². The number of carboxylic acid groups (broad SMARTS) is 1. The van der Waals surface area contributed by atoms with E-state index in [9.17, 15) is 34.2 Å². The molecule has 1 aliphatic heterocycles. The Balaban J connectivity index is 1.82. The number of rotatable bonds is 13. The second-order valence-corrected chi connectivity index (χ2v) is 10.8. The van der Waals surface area contributed by atoms with Gasteiger partial charge in [-0.05, 0) is 31.4 Å². The number of aliphatic hydroxyl groups excluding tert-OH is 1. The molecular formula is C29H36BN3O9. The first-order chi connectivity index (χ1) is 19.8. The van der Waals surface area contributed by atoms with Gasteiger partial charge in [0.1, 0.15) is 11.7 Å². The van der Waals surface area contributed by atoms with E-state index in [2.05, 4.69) is 15.6 Å². The van der Waals surface area contributed by atoms with Crippen LogP contribution in [0.5, 0.6) is 0 Å². The molecule has 3 rings (SSSR count). The highest BCUT2D eigenvalue weighted by Gasteiger charge is 2.54. The minimum atomic E-state index is -2.17. The van der Waals surface area contributed by atoms with Crippen LogP contribution in [0.4, 0.5) is 0 Å². The summed E-state index contributed by atoms with van der Waals surface area (Å²) in [5.41, 5.74) is -0.789. The van der Waals surface area contributed by atoms with Crippen LogP contribution in [0.1, 0.15) is 56.9 Å². The molecule has 2 amide bonds. The number of hydrogen-bond donors (Lipinski definition) is 4. The van der Waals surface area contributed by atoms with Crippen molar-refractivity contribution in [3.8, 4) is 11.3 Å². The minimum Gasteiger partial charge on any atom is -0.509 e. The second-order valence-electron chi connectivity index (χ2n) is 10.8. The van der Waals surface area contributed by atoms with Crippen molar-refractivity contribution < 1.29 is 43.5 Å². The molecule has 4 atom stereocenters. The molecule has 0 radical (unpaired) electrons. The van der Waals surface area contributed by atoms with Crippen molar-refractivity contribution in [3.05, 3.63) is 54.2 Å². The van der Waals surface area contributed by atoms with E-state index >= 15 is 0 Å². The van der Waals surface area contributed by atoms with E-state index in [4.69, 9.17) is 9.31 Å². The van der Waals surface area contributed by atoms with Crippen molar-refractivity contribution in [3.63, 3.8) is 0 Å². The molecule has 1 aromatic carbocycles. The number of aliphatic hydroxyl groups is 1. The van der Waals surface area contributed by atoms with Crippen LogP contribution in [0.15, 0.2) is 48.5 Å². The number of hydrogen-bond acceptors (Lipinski definition) is 9. The van der Waals surface area contributed by atoms with E-state index in [1.54, 1.807) is 12.1 Å². The third-order valence-corrected chi connectivity index (χ3v) is 6.92. The molecule has 0 saturated carbocycles. The maximum Gasteiger partial charge on any atom is 0.531 e. The predicted molar refractivity (Wildman–Crippen MR) is 152 cm³/mol. The van der Waals surface area contributed by atoms with Crippen molar-refractivity contribution in [1.29, 1.82) is 0 Å². The third-order valence-electron chi connectivity index (χ3n) is 6.92. The molecule has 4 N–H and O–H groups in total. The number of benzene rings is 1. The summed E-state index contributed by atoms with van der Waals surface area (Å²) in [4.78, 5) is 67.8. The molecule has 1 aromatic heterocycles. The SMILES string of the molecule is CNC(=O)C[C@@]1(C(=O)O)CC(=O)OB([C@@H](CC(=O)[C@@H](NC(=O)c2cccc(-c3ccccc3)n2)[C@@H](C)O)CC(C)C)O1. The van der Waals surface area contributed by atoms with Gasteiger partial charge in [0.25, 0.3) is 11.9 Å². The van der Waals surface area contributed by atoms with E-state index in [-0.39, 0.29) is 24.5 Å². The van der Waals surface area contributed by atoms with Crippen LogP contribution in [0.25, 0.3) is 11.3 Å². The van der Waals surface area contributed by atoms with Crippen molar-refractivity contribution in [2.75, 3.05) is 7.05 Å². The Bertz CT molecular complexity index is 1300. The number of pyridine rings is 1. The highest BCUT2D eigenvalue weighted by Crippen LogP contribution is 2.36. The van der Waals surface area contributed by atoms with Gasteiger partial charge in [0.2, 0.25) is 5.91 Å². The molecular weight excluding hydrogens is 545 g/mol. The van der Waals surface area contributed by atoms with Gasteiger partial charge in [-0.25, -0.2) is 9.78 Å². The van der Waals surface area contributed by atoms with Crippen molar-refractivity contribution in [2.24, 2.45) is 5.92 Å². The van der Waals surface area contributed by atoms with Crippen molar-refractivity contribution in [1.82, 2.24) is 15.6 Å². The Morgan fingerprint density at radius 3 is 2.36 bits per heavy atom. The Kier molecular flexibility index (Phi) is 11.0. The highest BCUT2D eigenvalue weighted by atomic mass is 16.6. The lowest BCUT2D eigenvalue weighted by Crippen LogP contribution is -2.57. The fraction of sp³-hybridized carbons (Fsp3) is 0.448. The zero-order valence-corrected chi connectivity index (χ0v) is 24.0. The molecule has 0 unspecified atom stereocenters. The van der Waals surface area contributed by atoms with Gasteiger partial charge >= 0.3 is 13.1 Å². The van der Waals surface area contributed by atoms with Gasteiger partial charge in [0, 0.05) is 24.8 Å². The van der Waals surface area contributed by atoms with E-state index in [0.29, 0.717) is 5.69 Å². The normalized spacial score (nSPS) is 18.9.